The van der Waals surface area contributed by atoms with Crippen LogP contribution >= 0.6 is 0 Å². The second-order valence-corrected chi connectivity index (χ2v) is 5.86. The second-order valence-electron chi connectivity index (χ2n) is 5.86. The number of nitrogens with zero attached hydrogens (tertiary/aromatic N) is 4. The summed E-state index contributed by atoms with van der Waals surface area (Å²) in [7, 11) is 2.07. The summed E-state index contributed by atoms with van der Waals surface area (Å²) in [5.41, 5.74) is 0.622. The van der Waals surface area contributed by atoms with Crippen LogP contribution in [0.1, 0.15) is 37.9 Å². The van der Waals surface area contributed by atoms with Gasteiger partial charge in [-0.25, -0.2) is 0 Å². The molecule has 0 radical (unpaired) electrons. The Labute approximate surface area is 129 Å². The number of nitro groups is 1. The largest absolute Gasteiger partial charge is 0.390 e. The van der Waals surface area contributed by atoms with Gasteiger partial charge in [-0.3, -0.25) is 4.79 Å². The highest BCUT2D eigenvalue weighted by molar-refractivity contribution is 5.80. The average molecular weight is 309 g/mol. The number of piperidine rings is 1. The van der Waals surface area contributed by atoms with E-state index in [0.29, 0.717) is 12.1 Å². The highest BCUT2D eigenvalue weighted by atomic mass is 16.6. The van der Waals surface area contributed by atoms with Gasteiger partial charge in [0.2, 0.25) is 5.91 Å². The Kier molecular flexibility index (Phi) is 5.12. The van der Waals surface area contributed by atoms with Crippen LogP contribution in [0.4, 0.5) is 5.82 Å². The first-order chi connectivity index (χ1) is 10.4. The summed E-state index contributed by atoms with van der Waals surface area (Å²) in [5, 5.41) is 17.8. The monoisotopic (exact) mass is 309 g/mol. The summed E-state index contributed by atoms with van der Waals surface area (Å²) in [6, 6.07) is 1.06. The van der Waals surface area contributed by atoms with Crippen LogP contribution in [-0.4, -0.2) is 51.7 Å². The van der Waals surface area contributed by atoms with Crippen molar-refractivity contribution in [3.8, 4) is 0 Å². The zero-order chi connectivity index (χ0) is 16.3. The zero-order valence-electron chi connectivity index (χ0n) is 13.3. The Balaban J connectivity index is 2.07. The van der Waals surface area contributed by atoms with Gasteiger partial charge >= 0.3 is 5.82 Å². The SMILES string of the molecule is CCC(C(=O)NC1CCN(C)CC1)n1nc([N+](=O)[O-])cc1C. The molecule has 1 atom stereocenters. The summed E-state index contributed by atoms with van der Waals surface area (Å²) in [6.07, 6.45) is 2.39. The molecule has 1 aromatic rings. The molecule has 1 aliphatic heterocycles. The van der Waals surface area contributed by atoms with Crippen LogP contribution in [0.15, 0.2) is 6.07 Å². The number of likely N-dealkylation sites (tertiary alicyclic amines) is 1. The summed E-state index contributed by atoms with van der Waals surface area (Å²) in [6.45, 7) is 5.54. The van der Waals surface area contributed by atoms with Crippen molar-refractivity contribution < 1.29 is 9.72 Å². The molecule has 0 bridgehead atoms. The molecule has 22 heavy (non-hydrogen) atoms. The van der Waals surface area contributed by atoms with Crippen molar-refractivity contribution in [2.45, 2.75) is 45.2 Å². The minimum Gasteiger partial charge on any atom is -0.358 e. The molecule has 1 N–H and O–H groups in total. The molecule has 0 aromatic carbocycles. The normalized spacial score (nSPS) is 18.1. The standard InChI is InChI=1S/C14H23N5O3/c1-4-12(18-10(2)9-13(16-18)19(21)22)14(20)15-11-5-7-17(3)8-6-11/h9,11-12H,4-8H2,1-3H3,(H,15,20). The number of amides is 1. The average Bonchev–Trinajstić information content (AvgIpc) is 2.85. The topological polar surface area (TPSA) is 93.3 Å². The van der Waals surface area contributed by atoms with Crippen molar-refractivity contribution in [3.05, 3.63) is 21.9 Å². The van der Waals surface area contributed by atoms with Gasteiger partial charge < -0.3 is 20.3 Å². The smallest absolute Gasteiger partial charge is 0.358 e. The number of hydrogen-bond acceptors (Lipinski definition) is 5. The van der Waals surface area contributed by atoms with Crippen molar-refractivity contribution in [1.29, 1.82) is 0 Å². The number of carbonyl (C=O) groups excluding carboxylic acids is 1. The zero-order valence-corrected chi connectivity index (χ0v) is 13.3. The molecular formula is C14H23N5O3. The third-order valence-electron chi connectivity index (χ3n) is 4.15. The second kappa shape index (κ2) is 6.87. The van der Waals surface area contributed by atoms with E-state index in [2.05, 4.69) is 22.4 Å². The van der Waals surface area contributed by atoms with E-state index in [1.807, 2.05) is 6.92 Å². The van der Waals surface area contributed by atoms with Gasteiger partial charge in [0.15, 0.2) is 6.04 Å². The molecule has 0 aliphatic carbocycles. The summed E-state index contributed by atoms with van der Waals surface area (Å²) < 4.78 is 1.46. The van der Waals surface area contributed by atoms with Gasteiger partial charge in [0.05, 0.1) is 16.9 Å². The van der Waals surface area contributed by atoms with Gasteiger partial charge in [-0.05, 0) is 51.2 Å². The molecular weight excluding hydrogens is 286 g/mol. The number of aryl methyl sites for hydroxylation is 1. The predicted octanol–water partition coefficient (Wildman–Crippen LogP) is 1.26. The first kappa shape index (κ1) is 16.4. The van der Waals surface area contributed by atoms with E-state index in [-0.39, 0.29) is 17.8 Å². The van der Waals surface area contributed by atoms with Crippen LogP contribution in [0.2, 0.25) is 0 Å². The minimum absolute atomic E-state index is 0.113. The first-order valence-corrected chi connectivity index (χ1v) is 7.61. The molecule has 1 unspecified atom stereocenters. The fraction of sp³-hybridized carbons (Fsp3) is 0.714. The highest BCUT2D eigenvalue weighted by Gasteiger charge is 2.29. The fourth-order valence-corrected chi connectivity index (χ4v) is 2.80. The van der Waals surface area contributed by atoms with Crippen molar-refractivity contribution >= 4 is 11.7 Å². The van der Waals surface area contributed by atoms with Crippen LogP contribution in [-0.2, 0) is 4.79 Å². The van der Waals surface area contributed by atoms with Gasteiger partial charge in [0.1, 0.15) is 0 Å². The molecule has 0 saturated carbocycles. The fourth-order valence-electron chi connectivity index (χ4n) is 2.80. The Morgan fingerprint density at radius 2 is 2.18 bits per heavy atom. The predicted molar refractivity (Wildman–Crippen MR) is 81.6 cm³/mol. The molecule has 2 rings (SSSR count). The third-order valence-corrected chi connectivity index (χ3v) is 4.15. The van der Waals surface area contributed by atoms with Crippen molar-refractivity contribution in [2.24, 2.45) is 0 Å². The van der Waals surface area contributed by atoms with Crippen molar-refractivity contribution in [2.75, 3.05) is 20.1 Å². The first-order valence-electron chi connectivity index (χ1n) is 7.61. The van der Waals surface area contributed by atoms with Crippen molar-refractivity contribution in [3.63, 3.8) is 0 Å². The molecule has 8 nitrogen and oxygen atoms in total. The molecule has 1 fully saturated rings. The summed E-state index contributed by atoms with van der Waals surface area (Å²) >= 11 is 0. The minimum atomic E-state index is -0.537. The van der Waals surface area contributed by atoms with Crippen LogP contribution in [0, 0.1) is 17.0 Å². The van der Waals surface area contributed by atoms with E-state index in [0.717, 1.165) is 25.9 Å². The Morgan fingerprint density at radius 3 is 2.68 bits per heavy atom. The molecule has 1 amide bonds. The quantitative estimate of drug-likeness (QED) is 0.653. The lowest BCUT2D eigenvalue weighted by Gasteiger charge is -2.30. The highest BCUT2D eigenvalue weighted by Crippen LogP contribution is 2.19. The number of nitrogens with one attached hydrogen (secondary N) is 1. The molecule has 8 heteroatoms. The maximum Gasteiger partial charge on any atom is 0.390 e. The van der Waals surface area contributed by atoms with Crippen LogP contribution < -0.4 is 5.32 Å². The lowest BCUT2D eigenvalue weighted by molar-refractivity contribution is -0.389. The van der Waals surface area contributed by atoms with Gasteiger partial charge in [0.25, 0.3) is 0 Å². The molecule has 0 spiro atoms. The molecule has 1 saturated heterocycles. The molecule has 2 heterocycles. The van der Waals surface area contributed by atoms with Gasteiger partial charge in [0, 0.05) is 6.04 Å². The van der Waals surface area contributed by atoms with E-state index in [9.17, 15) is 14.9 Å². The van der Waals surface area contributed by atoms with Crippen molar-refractivity contribution in [1.82, 2.24) is 20.0 Å². The van der Waals surface area contributed by atoms with E-state index in [4.69, 9.17) is 0 Å². The Morgan fingerprint density at radius 1 is 1.55 bits per heavy atom. The van der Waals surface area contributed by atoms with Gasteiger partial charge in [-0.2, -0.15) is 4.68 Å². The number of rotatable bonds is 5. The molecule has 1 aromatic heterocycles. The third kappa shape index (κ3) is 3.62. The number of hydrogen-bond donors (Lipinski definition) is 1. The lowest BCUT2D eigenvalue weighted by Crippen LogP contribution is -2.45. The van der Waals surface area contributed by atoms with E-state index < -0.39 is 11.0 Å². The Bertz CT molecular complexity index is 549. The van der Waals surface area contributed by atoms with Gasteiger partial charge in [-0.1, -0.05) is 6.92 Å². The van der Waals surface area contributed by atoms with Crippen LogP contribution in [0.25, 0.3) is 0 Å². The van der Waals surface area contributed by atoms with Gasteiger partial charge in [-0.15, -0.1) is 0 Å². The maximum absolute atomic E-state index is 12.5. The van der Waals surface area contributed by atoms with Crippen LogP contribution in [0.3, 0.4) is 0 Å². The maximum atomic E-state index is 12.5. The summed E-state index contributed by atoms with van der Waals surface area (Å²) in [5.74, 6) is -0.332. The Hall–Kier alpha value is -1.96. The molecule has 122 valence electrons. The van der Waals surface area contributed by atoms with E-state index >= 15 is 0 Å². The number of aromatic nitrogens is 2. The van der Waals surface area contributed by atoms with Crippen LogP contribution in [0.5, 0.6) is 0 Å². The summed E-state index contributed by atoms with van der Waals surface area (Å²) in [4.78, 5) is 25.0. The lowest BCUT2D eigenvalue weighted by atomic mass is 10.0. The van der Waals surface area contributed by atoms with E-state index in [1.54, 1.807) is 6.92 Å². The number of carbonyl (C=O) groups is 1. The van der Waals surface area contributed by atoms with E-state index in [1.165, 1.54) is 10.7 Å². The molecule has 1 aliphatic rings.